The lowest BCUT2D eigenvalue weighted by Crippen LogP contribution is -2.23. The summed E-state index contributed by atoms with van der Waals surface area (Å²) in [5.74, 6) is 1.96. The summed E-state index contributed by atoms with van der Waals surface area (Å²) in [7, 11) is 0. The van der Waals surface area contributed by atoms with Crippen LogP contribution >= 0.6 is 15.9 Å². The highest BCUT2D eigenvalue weighted by Crippen LogP contribution is 2.28. The molecule has 0 aliphatic rings. The molecule has 1 aromatic heterocycles. The molecule has 1 atom stereocenters. The molecule has 3 rings (SSSR count). The van der Waals surface area contributed by atoms with E-state index in [1.165, 1.54) is 4.68 Å². The van der Waals surface area contributed by atoms with Crippen LogP contribution in [-0.4, -0.2) is 29.1 Å². The van der Waals surface area contributed by atoms with Crippen LogP contribution in [0.5, 0.6) is 11.5 Å². The monoisotopic (exact) mass is 483 g/mol. The zero-order chi connectivity index (χ0) is 22.4. The van der Waals surface area contributed by atoms with Crippen LogP contribution in [0.3, 0.4) is 0 Å². The van der Waals surface area contributed by atoms with Gasteiger partial charge in [-0.1, -0.05) is 42.4 Å². The van der Waals surface area contributed by atoms with Gasteiger partial charge in [-0.2, -0.15) is 9.78 Å². The second kappa shape index (κ2) is 10.4. The topological polar surface area (TPSA) is 65.7 Å². The molecule has 6 nitrogen and oxygen atoms in total. The van der Waals surface area contributed by atoms with Crippen LogP contribution in [0.4, 0.5) is 0 Å². The minimum Gasteiger partial charge on any atom is -0.490 e. The Labute approximate surface area is 190 Å². The Morgan fingerprint density at radius 1 is 1.19 bits per heavy atom. The number of hydrogen-bond donors (Lipinski definition) is 0. The molecule has 1 heterocycles. The van der Waals surface area contributed by atoms with E-state index in [2.05, 4.69) is 34.5 Å². The van der Waals surface area contributed by atoms with Gasteiger partial charge in [0.1, 0.15) is 12.4 Å². The lowest BCUT2D eigenvalue weighted by molar-refractivity contribution is 0.297. The van der Waals surface area contributed by atoms with Crippen molar-refractivity contribution in [2.24, 2.45) is 5.10 Å². The number of ether oxygens (including phenoxy) is 2. The van der Waals surface area contributed by atoms with Crippen LogP contribution in [0.2, 0.25) is 0 Å². The van der Waals surface area contributed by atoms with Crippen LogP contribution in [-0.2, 0) is 0 Å². The third-order valence-electron chi connectivity index (χ3n) is 4.83. The lowest BCUT2D eigenvalue weighted by atomic mass is 10.1. The zero-order valence-corrected chi connectivity index (χ0v) is 19.6. The van der Waals surface area contributed by atoms with Crippen LogP contribution in [0.1, 0.15) is 44.5 Å². The van der Waals surface area contributed by atoms with Crippen LogP contribution in [0.15, 0.2) is 63.4 Å². The fourth-order valence-corrected chi connectivity index (χ4v) is 3.41. The Bertz CT molecular complexity index is 1170. The molecular weight excluding hydrogens is 458 g/mol. The molecule has 7 heteroatoms. The van der Waals surface area contributed by atoms with Gasteiger partial charge in [-0.25, -0.2) is 4.98 Å². The summed E-state index contributed by atoms with van der Waals surface area (Å²) < 4.78 is 13.6. The minimum absolute atomic E-state index is 0.0755. The number of nitrogens with zero attached hydrogens (tertiary/aromatic N) is 3. The van der Waals surface area contributed by atoms with Crippen molar-refractivity contribution in [3.63, 3.8) is 0 Å². The Morgan fingerprint density at radius 3 is 2.71 bits per heavy atom. The SMILES string of the molecule is C=CCOc1ccc(C=Nn2c([C@@H](C)CC)nc3ccc(Br)cc3c2=O)cc1OCC. The van der Waals surface area contributed by atoms with Crippen molar-refractivity contribution >= 4 is 33.0 Å². The van der Waals surface area contributed by atoms with Crippen molar-refractivity contribution < 1.29 is 9.47 Å². The first-order valence-electron chi connectivity index (χ1n) is 10.3. The number of fused-ring (bicyclic) bond motifs is 1. The Morgan fingerprint density at radius 2 is 2.00 bits per heavy atom. The average molecular weight is 484 g/mol. The van der Waals surface area contributed by atoms with E-state index in [-0.39, 0.29) is 11.5 Å². The molecule has 0 bridgehead atoms. The summed E-state index contributed by atoms with van der Waals surface area (Å²) in [6.45, 7) is 10.6. The molecule has 0 saturated carbocycles. The summed E-state index contributed by atoms with van der Waals surface area (Å²) in [6.07, 6.45) is 4.16. The van der Waals surface area contributed by atoms with Gasteiger partial charge in [0.25, 0.3) is 5.56 Å². The number of benzene rings is 2. The van der Waals surface area contributed by atoms with Crippen LogP contribution < -0.4 is 15.0 Å². The van der Waals surface area contributed by atoms with E-state index in [9.17, 15) is 4.79 Å². The highest BCUT2D eigenvalue weighted by molar-refractivity contribution is 9.10. The molecule has 0 aliphatic heterocycles. The Kier molecular flexibility index (Phi) is 7.63. The van der Waals surface area contributed by atoms with Crippen LogP contribution in [0.25, 0.3) is 10.9 Å². The summed E-state index contributed by atoms with van der Waals surface area (Å²) in [5, 5.41) is 5.02. The largest absolute Gasteiger partial charge is 0.490 e. The molecule has 162 valence electrons. The predicted octanol–water partition coefficient (Wildman–Crippen LogP) is 5.52. The molecule has 2 aromatic carbocycles. The maximum Gasteiger partial charge on any atom is 0.282 e. The summed E-state index contributed by atoms with van der Waals surface area (Å²) >= 11 is 3.43. The molecule has 0 N–H and O–H groups in total. The van der Waals surface area contributed by atoms with Gasteiger partial charge in [-0.05, 0) is 55.3 Å². The van der Waals surface area contributed by atoms with Crippen molar-refractivity contribution in [2.75, 3.05) is 13.2 Å². The van der Waals surface area contributed by atoms with E-state index in [1.807, 2.05) is 44.2 Å². The number of halogens is 1. The molecule has 0 saturated heterocycles. The van der Waals surface area contributed by atoms with E-state index in [0.717, 1.165) is 16.5 Å². The van der Waals surface area contributed by atoms with Gasteiger partial charge in [0.05, 0.1) is 23.7 Å². The third kappa shape index (κ3) is 5.22. The first kappa shape index (κ1) is 22.7. The lowest BCUT2D eigenvalue weighted by Gasteiger charge is -2.14. The van der Waals surface area contributed by atoms with Gasteiger partial charge in [0.15, 0.2) is 11.5 Å². The first-order valence-corrected chi connectivity index (χ1v) is 11.0. The maximum absolute atomic E-state index is 13.2. The van der Waals surface area contributed by atoms with Gasteiger partial charge >= 0.3 is 0 Å². The predicted molar refractivity (Wildman–Crippen MR) is 129 cm³/mol. The van der Waals surface area contributed by atoms with Crippen LogP contribution in [0, 0.1) is 0 Å². The summed E-state index contributed by atoms with van der Waals surface area (Å²) in [4.78, 5) is 17.9. The number of hydrogen-bond acceptors (Lipinski definition) is 5. The summed E-state index contributed by atoms with van der Waals surface area (Å²) in [6, 6.07) is 11.0. The second-order valence-corrected chi connectivity index (χ2v) is 7.96. The smallest absolute Gasteiger partial charge is 0.282 e. The molecular formula is C24H26BrN3O3. The number of rotatable bonds is 9. The summed E-state index contributed by atoms with van der Waals surface area (Å²) in [5.41, 5.74) is 1.25. The quantitative estimate of drug-likeness (QED) is 0.297. The van der Waals surface area contributed by atoms with Gasteiger partial charge in [0, 0.05) is 10.4 Å². The standard InChI is InChI=1S/C24H26BrN3O3/c1-5-12-31-21-11-8-17(13-22(21)30-7-3)15-26-28-23(16(4)6-2)27-20-10-9-18(25)14-19(20)24(28)29/h5,8-11,13-16H,1,6-7,12H2,2-4H3/t16-/m0/s1. The molecule has 0 radical (unpaired) electrons. The van der Waals surface area contributed by atoms with Gasteiger partial charge in [-0.3, -0.25) is 4.79 Å². The van der Waals surface area contributed by atoms with E-state index in [4.69, 9.17) is 14.5 Å². The van der Waals surface area contributed by atoms with Crippen molar-refractivity contribution in [1.82, 2.24) is 9.66 Å². The Balaban J connectivity index is 2.07. The van der Waals surface area contributed by atoms with E-state index in [1.54, 1.807) is 18.4 Å². The molecule has 31 heavy (non-hydrogen) atoms. The molecule has 0 spiro atoms. The van der Waals surface area contributed by atoms with Gasteiger partial charge < -0.3 is 9.47 Å². The van der Waals surface area contributed by atoms with E-state index < -0.39 is 0 Å². The maximum atomic E-state index is 13.2. The zero-order valence-electron chi connectivity index (χ0n) is 18.0. The highest BCUT2D eigenvalue weighted by Gasteiger charge is 2.15. The minimum atomic E-state index is -0.200. The molecule has 0 amide bonds. The second-order valence-electron chi connectivity index (χ2n) is 7.04. The average Bonchev–Trinajstić information content (AvgIpc) is 2.77. The van der Waals surface area contributed by atoms with Crippen molar-refractivity contribution in [3.05, 3.63) is 75.3 Å². The third-order valence-corrected chi connectivity index (χ3v) is 5.33. The Hall–Kier alpha value is -2.93. The van der Waals surface area contributed by atoms with E-state index >= 15 is 0 Å². The van der Waals surface area contributed by atoms with Gasteiger partial charge in [0.2, 0.25) is 0 Å². The number of aromatic nitrogens is 2. The molecule has 0 fully saturated rings. The van der Waals surface area contributed by atoms with Gasteiger partial charge in [-0.15, -0.1) is 0 Å². The van der Waals surface area contributed by atoms with Crippen molar-refractivity contribution in [1.29, 1.82) is 0 Å². The fourth-order valence-electron chi connectivity index (χ4n) is 3.04. The molecule has 0 aliphatic carbocycles. The van der Waals surface area contributed by atoms with E-state index in [0.29, 0.717) is 41.4 Å². The normalized spacial score (nSPS) is 12.3. The van der Waals surface area contributed by atoms with Crippen molar-refractivity contribution in [2.45, 2.75) is 33.1 Å². The first-order chi connectivity index (χ1) is 15.0. The highest BCUT2D eigenvalue weighted by atomic mass is 79.9. The molecule has 3 aromatic rings. The molecule has 0 unspecified atom stereocenters. The fraction of sp³-hybridized carbons (Fsp3) is 0.292. The van der Waals surface area contributed by atoms with Crippen molar-refractivity contribution in [3.8, 4) is 11.5 Å².